The van der Waals surface area contributed by atoms with Gasteiger partial charge in [0.1, 0.15) is 23.5 Å². The van der Waals surface area contributed by atoms with E-state index in [0.717, 1.165) is 64.2 Å². The fourth-order valence-electron chi connectivity index (χ4n) is 5.28. The summed E-state index contributed by atoms with van der Waals surface area (Å²) >= 11 is 0. The summed E-state index contributed by atoms with van der Waals surface area (Å²) in [6.45, 7) is 7.14. The summed E-state index contributed by atoms with van der Waals surface area (Å²) in [5, 5.41) is 1.02. The Morgan fingerprint density at radius 1 is 1.19 bits per heavy atom. The van der Waals surface area contributed by atoms with Crippen molar-refractivity contribution in [3.63, 3.8) is 0 Å². The Hall–Kier alpha value is -4.46. The number of likely N-dealkylation sites (tertiary alicyclic amines) is 1. The fraction of sp³-hybridized carbons (Fsp3) is 0.241. The van der Waals surface area contributed by atoms with Gasteiger partial charge in [0, 0.05) is 55.6 Å². The highest BCUT2D eigenvalue weighted by Gasteiger charge is 2.27. The molecule has 4 heterocycles. The van der Waals surface area contributed by atoms with E-state index in [1.165, 1.54) is 11.6 Å². The van der Waals surface area contributed by atoms with E-state index in [0.29, 0.717) is 6.54 Å². The Kier molecular flexibility index (Phi) is 5.71. The van der Waals surface area contributed by atoms with Gasteiger partial charge in [0.05, 0.1) is 17.4 Å². The SMILES string of the molecule is C=CC(=O)N1CCCC(c2cn(-c3ccc(Oc4ccc5c(c4)ncn5C)c(C)c3)c3ncncc23)C1. The number of ether oxygens (including phenoxy) is 1. The molecule has 8 nitrogen and oxygen atoms in total. The summed E-state index contributed by atoms with van der Waals surface area (Å²) in [4.78, 5) is 27.5. The third-order valence-corrected chi connectivity index (χ3v) is 7.21. The van der Waals surface area contributed by atoms with Gasteiger partial charge in [-0.05, 0) is 67.3 Å². The number of aryl methyl sites for hydroxylation is 2. The van der Waals surface area contributed by atoms with Crippen LogP contribution in [0.2, 0.25) is 0 Å². The van der Waals surface area contributed by atoms with Gasteiger partial charge in [-0.15, -0.1) is 0 Å². The third kappa shape index (κ3) is 4.14. The van der Waals surface area contributed by atoms with Crippen molar-refractivity contribution < 1.29 is 9.53 Å². The van der Waals surface area contributed by atoms with Crippen molar-refractivity contribution in [1.29, 1.82) is 0 Å². The lowest BCUT2D eigenvalue weighted by molar-refractivity contribution is -0.127. The lowest BCUT2D eigenvalue weighted by Gasteiger charge is -2.32. The van der Waals surface area contributed by atoms with Gasteiger partial charge >= 0.3 is 0 Å². The molecule has 1 aliphatic heterocycles. The van der Waals surface area contributed by atoms with Gasteiger partial charge in [-0.25, -0.2) is 15.0 Å². The molecule has 1 atom stereocenters. The van der Waals surface area contributed by atoms with Crippen molar-refractivity contribution >= 4 is 28.0 Å². The molecule has 1 saturated heterocycles. The molecule has 1 amide bonds. The van der Waals surface area contributed by atoms with E-state index in [4.69, 9.17) is 4.74 Å². The van der Waals surface area contributed by atoms with E-state index >= 15 is 0 Å². The van der Waals surface area contributed by atoms with Gasteiger partial charge in [-0.2, -0.15) is 0 Å². The number of amides is 1. The minimum Gasteiger partial charge on any atom is -0.457 e. The number of nitrogens with zero attached hydrogens (tertiary/aromatic N) is 6. The van der Waals surface area contributed by atoms with E-state index in [1.54, 1.807) is 12.7 Å². The van der Waals surface area contributed by atoms with E-state index in [-0.39, 0.29) is 11.8 Å². The van der Waals surface area contributed by atoms with Crippen LogP contribution in [0.3, 0.4) is 0 Å². The zero-order valence-corrected chi connectivity index (χ0v) is 21.0. The molecule has 6 rings (SSSR count). The molecule has 0 N–H and O–H groups in total. The first kappa shape index (κ1) is 23.0. The number of rotatable bonds is 5. The molecule has 186 valence electrons. The Labute approximate surface area is 214 Å². The molecule has 5 aromatic rings. The number of piperidine rings is 1. The van der Waals surface area contributed by atoms with Crippen LogP contribution in [-0.4, -0.2) is 48.0 Å². The average Bonchev–Trinajstić information content (AvgIpc) is 3.50. The summed E-state index contributed by atoms with van der Waals surface area (Å²) in [6, 6.07) is 12.1. The van der Waals surface area contributed by atoms with Gasteiger partial charge in [0.25, 0.3) is 0 Å². The number of imidazole rings is 1. The largest absolute Gasteiger partial charge is 0.457 e. The standard InChI is InChI=1S/C29H28N6O2/c1-4-28(36)34-11-5-6-20(15-34)24-16-35(29-23(24)14-30-17-31-29)21-7-10-27(19(2)12-21)37-22-8-9-26-25(13-22)32-18-33(26)3/h4,7-10,12-14,16-18,20H,1,5-6,11,15H2,2-3H3. The quantitative estimate of drug-likeness (QED) is 0.311. The molecule has 0 bridgehead atoms. The predicted octanol–water partition coefficient (Wildman–Crippen LogP) is 5.30. The molecule has 37 heavy (non-hydrogen) atoms. The zero-order valence-electron chi connectivity index (χ0n) is 21.0. The lowest BCUT2D eigenvalue weighted by Crippen LogP contribution is -2.38. The lowest BCUT2D eigenvalue weighted by atomic mass is 9.91. The van der Waals surface area contributed by atoms with Gasteiger partial charge in [0.2, 0.25) is 5.91 Å². The number of benzene rings is 2. The van der Waals surface area contributed by atoms with Crippen LogP contribution >= 0.6 is 0 Å². The van der Waals surface area contributed by atoms with Crippen LogP contribution in [0, 0.1) is 6.92 Å². The van der Waals surface area contributed by atoms with Crippen LogP contribution < -0.4 is 4.74 Å². The van der Waals surface area contributed by atoms with Crippen LogP contribution in [-0.2, 0) is 11.8 Å². The molecule has 0 spiro atoms. The summed E-state index contributed by atoms with van der Waals surface area (Å²) in [5.41, 5.74) is 5.99. The topological polar surface area (TPSA) is 78.1 Å². The smallest absolute Gasteiger partial charge is 0.245 e. The number of carbonyl (C=O) groups excluding carboxylic acids is 1. The number of fused-ring (bicyclic) bond motifs is 2. The van der Waals surface area contributed by atoms with Crippen LogP contribution in [0.15, 0.2) is 74.1 Å². The second-order valence-corrected chi connectivity index (χ2v) is 9.60. The van der Waals surface area contributed by atoms with Crippen molar-refractivity contribution in [3.8, 4) is 17.2 Å². The van der Waals surface area contributed by atoms with Crippen molar-refractivity contribution in [2.75, 3.05) is 13.1 Å². The Morgan fingerprint density at radius 3 is 2.92 bits per heavy atom. The molecule has 1 unspecified atom stereocenters. The monoisotopic (exact) mass is 492 g/mol. The van der Waals surface area contributed by atoms with Crippen LogP contribution in [0.25, 0.3) is 27.8 Å². The highest BCUT2D eigenvalue weighted by atomic mass is 16.5. The van der Waals surface area contributed by atoms with E-state index in [1.807, 2.05) is 60.0 Å². The summed E-state index contributed by atoms with van der Waals surface area (Å²) in [5.74, 6) is 1.74. The molecule has 2 aromatic carbocycles. The maximum atomic E-state index is 12.3. The van der Waals surface area contributed by atoms with Gasteiger partial charge in [0.15, 0.2) is 0 Å². The van der Waals surface area contributed by atoms with E-state index in [2.05, 4.69) is 38.4 Å². The summed E-state index contributed by atoms with van der Waals surface area (Å²) in [6.07, 6.45) is 10.8. The fourth-order valence-corrected chi connectivity index (χ4v) is 5.28. The summed E-state index contributed by atoms with van der Waals surface area (Å²) < 4.78 is 10.3. The van der Waals surface area contributed by atoms with Gasteiger partial charge < -0.3 is 18.8 Å². The molecule has 0 aliphatic carbocycles. The van der Waals surface area contributed by atoms with Crippen molar-refractivity contribution in [1.82, 2.24) is 29.0 Å². The maximum Gasteiger partial charge on any atom is 0.245 e. The molecule has 3 aromatic heterocycles. The highest BCUT2D eigenvalue weighted by Crippen LogP contribution is 2.35. The molecular weight excluding hydrogens is 464 g/mol. The number of carbonyl (C=O) groups is 1. The molecular formula is C29H28N6O2. The Balaban J connectivity index is 1.32. The van der Waals surface area contributed by atoms with Crippen LogP contribution in [0.4, 0.5) is 0 Å². The number of hydrogen-bond acceptors (Lipinski definition) is 5. The minimum atomic E-state index is -0.0157. The molecule has 0 saturated carbocycles. The van der Waals surface area contributed by atoms with Crippen molar-refractivity contribution in [2.24, 2.45) is 7.05 Å². The number of aromatic nitrogens is 5. The number of hydrogen-bond donors (Lipinski definition) is 0. The first-order valence-electron chi connectivity index (χ1n) is 12.4. The normalized spacial score (nSPS) is 15.8. The first-order valence-corrected chi connectivity index (χ1v) is 12.4. The van der Waals surface area contributed by atoms with Crippen molar-refractivity contribution in [3.05, 3.63) is 85.2 Å². The third-order valence-electron chi connectivity index (χ3n) is 7.21. The first-order chi connectivity index (χ1) is 18.0. The molecule has 0 radical (unpaired) electrons. The van der Waals surface area contributed by atoms with Gasteiger partial charge in [-0.3, -0.25) is 4.79 Å². The average molecular weight is 493 g/mol. The van der Waals surface area contributed by atoms with Crippen LogP contribution in [0.1, 0.15) is 29.9 Å². The Bertz CT molecular complexity index is 1650. The second-order valence-electron chi connectivity index (χ2n) is 9.60. The van der Waals surface area contributed by atoms with Crippen molar-refractivity contribution in [2.45, 2.75) is 25.7 Å². The van der Waals surface area contributed by atoms with E-state index < -0.39 is 0 Å². The maximum absolute atomic E-state index is 12.3. The molecule has 1 aliphatic rings. The Morgan fingerprint density at radius 2 is 2.08 bits per heavy atom. The van der Waals surface area contributed by atoms with E-state index in [9.17, 15) is 4.79 Å². The van der Waals surface area contributed by atoms with Crippen LogP contribution in [0.5, 0.6) is 11.5 Å². The molecule has 8 heteroatoms. The second kappa shape index (κ2) is 9.20. The van der Waals surface area contributed by atoms with Gasteiger partial charge in [-0.1, -0.05) is 6.58 Å². The minimum absolute atomic E-state index is 0.0157. The zero-order chi connectivity index (χ0) is 25.5. The molecule has 1 fully saturated rings. The highest BCUT2D eigenvalue weighted by molar-refractivity contribution is 5.87. The predicted molar refractivity (Wildman–Crippen MR) is 143 cm³/mol. The summed E-state index contributed by atoms with van der Waals surface area (Å²) in [7, 11) is 1.98.